The van der Waals surface area contributed by atoms with Crippen molar-refractivity contribution in [1.82, 2.24) is 9.80 Å². The Labute approximate surface area is 159 Å². The van der Waals surface area contributed by atoms with Gasteiger partial charge in [0.1, 0.15) is 6.54 Å². The second-order valence-electron chi connectivity index (χ2n) is 7.67. The standard InChI is InChI=1S/C20H19F3N2O3/c1-24(9-13-4-2-3-5-14(13)20(21,22)23)15(26)10-25-18(27)16-11-6-7-12(8-11)17(16)19(25)28/h2-7,11-12,16-17H,8-10H2,1H3/t11-,12-,16-,17+/m0/s1. The van der Waals surface area contributed by atoms with Gasteiger partial charge in [0, 0.05) is 13.6 Å². The third kappa shape index (κ3) is 2.91. The zero-order chi connectivity index (χ0) is 20.2. The molecule has 2 aliphatic carbocycles. The number of rotatable bonds is 4. The average Bonchev–Trinajstić information content (AvgIpc) is 3.31. The lowest BCUT2D eigenvalue weighted by Gasteiger charge is -2.23. The van der Waals surface area contributed by atoms with E-state index in [0.29, 0.717) is 0 Å². The fourth-order valence-electron chi connectivity index (χ4n) is 4.65. The number of hydrogen-bond donors (Lipinski definition) is 0. The minimum Gasteiger partial charge on any atom is -0.340 e. The molecule has 2 bridgehead atoms. The summed E-state index contributed by atoms with van der Waals surface area (Å²) in [6.45, 7) is -0.695. The zero-order valence-corrected chi connectivity index (χ0v) is 15.1. The number of fused-ring (bicyclic) bond motifs is 5. The van der Waals surface area contributed by atoms with Crippen LogP contribution in [0.15, 0.2) is 36.4 Å². The number of halogens is 3. The van der Waals surface area contributed by atoms with Gasteiger partial charge in [-0.3, -0.25) is 19.3 Å². The fourth-order valence-corrected chi connectivity index (χ4v) is 4.65. The fraction of sp³-hybridized carbons (Fsp3) is 0.450. The van der Waals surface area contributed by atoms with E-state index < -0.39 is 36.0 Å². The van der Waals surface area contributed by atoms with Gasteiger partial charge in [0.15, 0.2) is 0 Å². The van der Waals surface area contributed by atoms with Gasteiger partial charge in [0.2, 0.25) is 17.7 Å². The molecule has 0 spiro atoms. The molecule has 3 aliphatic rings. The Balaban J connectivity index is 1.45. The van der Waals surface area contributed by atoms with Gasteiger partial charge in [-0.15, -0.1) is 0 Å². The molecular weight excluding hydrogens is 373 g/mol. The van der Waals surface area contributed by atoms with E-state index in [1.54, 1.807) is 0 Å². The third-order valence-electron chi connectivity index (χ3n) is 6.01. The molecule has 8 heteroatoms. The maximum atomic E-state index is 13.1. The zero-order valence-electron chi connectivity index (χ0n) is 15.1. The maximum absolute atomic E-state index is 13.1. The lowest BCUT2D eigenvalue weighted by atomic mass is 9.85. The largest absolute Gasteiger partial charge is 0.416 e. The number of nitrogens with zero attached hydrogens (tertiary/aromatic N) is 2. The van der Waals surface area contributed by atoms with Crippen LogP contribution in [0.25, 0.3) is 0 Å². The van der Waals surface area contributed by atoms with Gasteiger partial charge in [-0.2, -0.15) is 13.2 Å². The van der Waals surface area contributed by atoms with Crippen LogP contribution in [0.2, 0.25) is 0 Å². The molecule has 0 unspecified atom stereocenters. The molecule has 1 aromatic carbocycles. The van der Waals surface area contributed by atoms with Crippen molar-refractivity contribution in [3.8, 4) is 0 Å². The lowest BCUT2D eigenvalue weighted by Crippen LogP contribution is -2.42. The molecule has 1 aliphatic heterocycles. The predicted molar refractivity (Wildman–Crippen MR) is 92.4 cm³/mol. The number of carbonyl (C=O) groups is 3. The van der Waals surface area contributed by atoms with E-state index in [1.807, 2.05) is 12.2 Å². The quantitative estimate of drug-likeness (QED) is 0.584. The number of imide groups is 1. The SMILES string of the molecule is CN(Cc1ccccc1C(F)(F)F)C(=O)CN1C(=O)[C@@H]2[C@H](C1=O)[C@H]1C=C[C@H]2C1. The van der Waals surface area contributed by atoms with Crippen LogP contribution < -0.4 is 0 Å². The summed E-state index contributed by atoms with van der Waals surface area (Å²) in [5, 5.41) is 0. The van der Waals surface area contributed by atoms with Crippen molar-refractivity contribution in [1.29, 1.82) is 0 Å². The van der Waals surface area contributed by atoms with Crippen LogP contribution in [0.5, 0.6) is 0 Å². The molecule has 1 saturated heterocycles. The van der Waals surface area contributed by atoms with E-state index >= 15 is 0 Å². The Morgan fingerprint density at radius 2 is 1.68 bits per heavy atom. The Kier molecular flexibility index (Phi) is 4.32. The van der Waals surface area contributed by atoms with E-state index in [4.69, 9.17) is 0 Å². The first kappa shape index (κ1) is 18.7. The third-order valence-corrected chi connectivity index (χ3v) is 6.01. The topological polar surface area (TPSA) is 57.7 Å². The highest BCUT2D eigenvalue weighted by Gasteiger charge is 2.59. The molecule has 5 nitrogen and oxygen atoms in total. The normalized spacial score (nSPS) is 28.2. The van der Waals surface area contributed by atoms with Crippen LogP contribution in [0.3, 0.4) is 0 Å². The Bertz CT molecular complexity index is 850. The highest BCUT2D eigenvalue weighted by atomic mass is 19.4. The molecule has 1 heterocycles. The number of alkyl halides is 3. The Hall–Kier alpha value is -2.64. The van der Waals surface area contributed by atoms with Crippen molar-refractivity contribution in [2.24, 2.45) is 23.7 Å². The van der Waals surface area contributed by atoms with Gasteiger partial charge < -0.3 is 4.90 Å². The number of carbonyl (C=O) groups excluding carboxylic acids is 3. The van der Waals surface area contributed by atoms with Crippen molar-refractivity contribution >= 4 is 17.7 Å². The van der Waals surface area contributed by atoms with Crippen molar-refractivity contribution in [3.63, 3.8) is 0 Å². The molecule has 2 fully saturated rings. The summed E-state index contributed by atoms with van der Waals surface area (Å²) in [4.78, 5) is 39.9. The van der Waals surface area contributed by atoms with Gasteiger partial charge in [-0.1, -0.05) is 30.4 Å². The van der Waals surface area contributed by atoms with E-state index in [9.17, 15) is 27.6 Å². The van der Waals surface area contributed by atoms with E-state index in [1.165, 1.54) is 25.2 Å². The van der Waals surface area contributed by atoms with Crippen LogP contribution in [-0.2, 0) is 27.1 Å². The second-order valence-corrected chi connectivity index (χ2v) is 7.67. The minimum atomic E-state index is -4.52. The van der Waals surface area contributed by atoms with Gasteiger partial charge in [0.25, 0.3) is 0 Å². The number of allylic oxidation sites excluding steroid dienone is 2. The predicted octanol–water partition coefficient (Wildman–Crippen LogP) is 2.47. The molecule has 28 heavy (non-hydrogen) atoms. The summed E-state index contributed by atoms with van der Waals surface area (Å²) in [5.74, 6) is -1.96. The molecule has 0 N–H and O–H groups in total. The molecule has 1 aromatic rings. The minimum absolute atomic E-state index is 0.0379. The number of benzene rings is 1. The maximum Gasteiger partial charge on any atom is 0.416 e. The molecule has 4 rings (SSSR count). The Morgan fingerprint density at radius 1 is 1.11 bits per heavy atom. The smallest absolute Gasteiger partial charge is 0.340 e. The van der Waals surface area contributed by atoms with Crippen LogP contribution in [-0.4, -0.2) is 41.1 Å². The number of likely N-dealkylation sites (N-methyl/N-ethyl adjacent to an activating group) is 1. The molecule has 148 valence electrons. The summed E-state index contributed by atoms with van der Waals surface area (Å²) in [6, 6.07) is 5.04. The van der Waals surface area contributed by atoms with E-state index in [-0.39, 0.29) is 35.8 Å². The first-order valence-electron chi connectivity index (χ1n) is 9.11. The monoisotopic (exact) mass is 392 g/mol. The van der Waals surface area contributed by atoms with Gasteiger partial charge in [-0.05, 0) is 29.9 Å². The Morgan fingerprint density at radius 3 is 2.25 bits per heavy atom. The van der Waals surface area contributed by atoms with Gasteiger partial charge >= 0.3 is 6.18 Å². The van der Waals surface area contributed by atoms with Crippen LogP contribution >= 0.6 is 0 Å². The van der Waals surface area contributed by atoms with Crippen LogP contribution in [0.4, 0.5) is 13.2 Å². The van der Waals surface area contributed by atoms with Crippen LogP contribution in [0.1, 0.15) is 17.5 Å². The van der Waals surface area contributed by atoms with Crippen molar-refractivity contribution in [3.05, 3.63) is 47.5 Å². The highest BCUT2D eigenvalue weighted by Crippen LogP contribution is 2.52. The summed E-state index contributed by atoms with van der Waals surface area (Å²) in [7, 11) is 1.37. The summed E-state index contributed by atoms with van der Waals surface area (Å²) in [6.07, 6.45) is 0.193. The summed E-state index contributed by atoms with van der Waals surface area (Å²) >= 11 is 0. The molecule has 3 amide bonds. The number of likely N-dealkylation sites (tertiary alicyclic amines) is 1. The lowest BCUT2D eigenvalue weighted by molar-refractivity contribution is -0.147. The molecule has 1 saturated carbocycles. The average molecular weight is 392 g/mol. The van der Waals surface area contributed by atoms with Crippen molar-refractivity contribution < 1.29 is 27.6 Å². The molecule has 0 aromatic heterocycles. The summed E-state index contributed by atoms with van der Waals surface area (Å²) < 4.78 is 39.4. The molecular formula is C20H19F3N2O3. The highest BCUT2D eigenvalue weighted by molar-refractivity contribution is 6.08. The second kappa shape index (κ2) is 6.46. The van der Waals surface area contributed by atoms with Gasteiger partial charge in [-0.25, -0.2) is 0 Å². The first-order chi connectivity index (χ1) is 13.2. The number of hydrogen-bond acceptors (Lipinski definition) is 3. The number of amides is 3. The molecule has 4 atom stereocenters. The van der Waals surface area contributed by atoms with E-state index in [0.717, 1.165) is 22.3 Å². The van der Waals surface area contributed by atoms with E-state index in [2.05, 4.69) is 0 Å². The van der Waals surface area contributed by atoms with Crippen molar-refractivity contribution in [2.75, 3.05) is 13.6 Å². The van der Waals surface area contributed by atoms with Crippen LogP contribution in [0, 0.1) is 23.7 Å². The molecule has 0 radical (unpaired) electrons. The van der Waals surface area contributed by atoms with Gasteiger partial charge in [0.05, 0.1) is 17.4 Å². The summed E-state index contributed by atoms with van der Waals surface area (Å²) in [5.41, 5.74) is -0.843. The van der Waals surface area contributed by atoms with Crippen molar-refractivity contribution in [2.45, 2.75) is 19.1 Å². The first-order valence-corrected chi connectivity index (χ1v) is 9.11.